The lowest BCUT2D eigenvalue weighted by Gasteiger charge is -1.98. The predicted octanol–water partition coefficient (Wildman–Crippen LogP) is -1.14. The van der Waals surface area contributed by atoms with Crippen LogP contribution < -0.4 is 16.2 Å². The molecule has 1 aromatic heterocycles. The molecule has 10 heteroatoms. The molecular formula is C6H11N5O3S2. The number of carbonyl (C=O) groups excluding carboxylic acids is 1. The number of amides is 1. The summed E-state index contributed by atoms with van der Waals surface area (Å²) in [7, 11) is -3.86. The van der Waals surface area contributed by atoms with Crippen molar-refractivity contribution in [1.29, 1.82) is 0 Å². The van der Waals surface area contributed by atoms with Crippen LogP contribution in [0, 0.1) is 0 Å². The minimum absolute atomic E-state index is 0.103. The van der Waals surface area contributed by atoms with Crippen molar-refractivity contribution in [1.82, 2.24) is 10.2 Å². The molecule has 0 fully saturated rings. The van der Waals surface area contributed by atoms with Crippen LogP contribution in [0.25, 0.3) is 0 Å². The monoisotopic (exact) mass is 265 g/mol. The smallest absolute Gasteiger partial charge is 0.267 e. The fourth-order valence-electron chi connectivity index (χ4n) is 0.820. The van der Waals surface area contributed by atoms with Gasteiger partial charge in [0.25, 0.3) is 10.0 Å². The van der Waals surface area contributed by atoms with Crippen LogP contribution in [0.2, 0.25) is 0 Å². The number of primary sulfonamides is 1. The van der Waals surface area contributed by atoms with E-state index in [1.165, 1.54) is 0 Å². The number of aromatic nitrogens is 2. The molecule has 0 saturated heterocycles. The maximum atomic E-state index is 11.2. The van der Waals surface area contributed by atoms with Gasteiger partial charge in [0, 0.05) is 6.42 Å². The minimum atomic E-state index is -3.86. The summed E-state index contributed by atoms with van der Waals surface area (Å²) >= 11 is 0.703. The number of hydrogen-bond donors (Lipinski definition) is 3. The van der Waals surface area contributed by atoms with Crippen molar-refractivity contribution in [3.8, 4) is 0 Å². The predicted molar refractivity (Wildman–Crippen MR) is 58.2 cm³/mol. The van der Waals surface area contributed by atoms with Gasteiger partial charge in [0.15, 0.2) is 0 Å². The molecule has 16 heavy (non-hydrogen) atoms. The fraction of sp³-hybridized carbons (Fsp3) is 0.500. The van der Waals surface area contributed by atoms with E-state index in [0.717, 1.165) is 0 Å². The summed E-state index contributed by atoms with van der Waals surface area (Å²) in [6.07, 6.45) is 0.799. The molecule has 0 saturated carbocycles. The first-order valence-electron chi connectivity index (χ1n) is 4.29. The number of sulfonamides is 1. The molecule has 1 heterocycles. The van der Waals surface area contributed by atoms with E-state index in [9.17, 15) is 13.2 Å². The number of nitrogens with one attached hydrogen (secondary N) is 1. The highest BCUT2D eigenvalue weighted by Crippen LogP contribution is 2.18. The number of anilines is 1. The molecule has 0 aliphatic heterocycles. The molecule has 90 valence electrons. The van der Waals surface area contributed by atoms with Crippen LogP contribution in [-0.4, -0.2) is 31.1 Å². The van der Waals surface area contributed by atoms with Crippen molar-refractivity contribution < 1.29 is 13.2 Å². The van der Waals surface area contributed by atoms with Crippen molar-refractivity contribution in [2.45, 2.75) is 17.2 Å². The van der Waals surface area contributed by atoms with E-state index in [4.69, 9.17) is 10.9 Å². The fourth-order valence-corrected chi connectivity index (χ4v) is 2.17. The van der Waals surface area contributed by atoms with Crippen LogP contribution in [0.4, 0.5) is 5.13 Å². The number of nitrogens with zero attached hydrogens (tertiary/aromatic N) is 2. The van der Waals surface area contributed by atoms with Gasteiger partial charge in [-0.25, -0.2) is 13.6 Å². The Hall–Kier alpha value is -1.10. The molecule has 0 radical (unpaired) electrons. The van der Waals surface area contributed by atoms with Gasteiger partial charge in [0.1, 0.15) is 0 Å². The molecule has 0 bridgehead atoms. The Bertz CT molecular complexity index is 468. The van der Waals surface area contributed by atoms with Gasteiger partial charge >= 0.3 is 0 Å². The first kappa shape index (κ1) is 13.0. The van der Waals surface area contributed by atoms with Crippen LogP contribution in [0.1, 0.15) is 12.8 Å². The standard InChI is InChI=1S/C6H11N5O3S2/c7-3-1-2-4(12)9-5-10-11-6(15-5)16(8,13)14/h1-3,7H2,(H2,8,13,14)(H,9,10,12). The minimum Gasteiger partial charge on any atom is -0.330 e. The molecule has 0 spiro atoms. The Balaban J connectivity index is 2.63. The summed E-state index contributed by atoms with van der Waals surface area (Å²) < 4.78 is 21.4. The topological polar surface area (TPSA) is 141 Å². The second-order valence-electron chi connectivity index (χ2n) is 2.86. The quantitative estimate of drug-likeness (QED) is 0.575. The Kier molecular flexibility index (Phi) is 4.29. The van der Waals surface area contributed by atoms with Gasteiger partial charge in [0.05, 0.1) is 0 Å². The second kappa shape index (κ2) is 5.30. The zero-order valence-electron chi connectivity index (χ0n) is 8.21. The van der Waals surface area contributed by atoms with Crippen molar-refractivity contribution in [2.75, 3.05) is 11.9 Å². The maximum absolute atomic E-state index is 11.2. The van der Waals surface area contributed by atoms with Gasteiger partial charge in [-0.2, -0.15) is 0 Å². The third-order valence-electron chi connectivity index (χ3n) is 1.50. The van der Waals surface area contributed by atoms with E-state index < -0.39 is 10.0 Å². The average molecular weight is 265 g/mol. The average Bonchev–Trinajstić information content (AvgIpc) is 2.62. The van der Waals surface area contributed by atoms with Crippen LogP contribution in [-0.2, 0) is 14.8 Å². The molecular weight excluding hydrogens is 254 g/mol. The lowest BCUT2D eigenvalue weighted by Crippen LogP contribution is -2.13. The molecule has 8 nitrogen and oxygen atoms in total. The molecule has 0 aromatic carbocycles. The van der Waals surface area contributed by atoms with Gasteiger partial charge in [-0.05, 0) is 13.0 Å². The largest absolute Gasteiger partial charge is 0.330 e. The summed E-state index contributed by atoms with van der Waals surface area (Å²) in [6, 6.07) is 0. The van der Waals surface area contributed by atoms with E-state index in [1.807, 2.05) is 0 Å². The SMILES string of the molecule is NCCCC(=O)Nc1nnc(S(N)(=O)=O)s1. The Morgan fingerprint density at radius 3 is 2.62 bits per heavy atom. The third kappa shape index (κ3) is 3.81. The highest BCUT2D eigenvalue weighted by Gasteiger charge is 2.15. The molecule has 1 rings (SSSR count). The van der Waals surface area contributed by atoms with E-state index in [2.05, 4.69) is 15.5 Å². The van der Waals surface area contributed by atoms with Crippen molar-refractivity contribution in [2.24, 2.45) is 10.9 Å². The van der Waals surface area contributed by atoms with Gasteiger partial charge in [0.2, 0.25) is 15.4 Å². The number of hydrogen-bond acceptors (Lipinski definition) is 7. The molecule has 5 N–H and O–H groups in total. The molecule has 0 unspecified atom stereocenters. The lowest BCUT2D eigenvalue weighted by atomic mass is 10.3. The van der Waals surface area contributed by atoms with Crippen molar-refractivity contribution in [3.05, 3.63) is 0 Å². The highest BCUT2D eigenvalue weighted by molar-refractivity contribution is 7.91. The Morgan fingerprint density at radius 1 is 1.44 bits per heavy atom. The number of rotatable bonds is 5. The molecule has 0 aliphatic rings. The molecule has 0 aliphatic carbocycles. The van der Waals surface area contributed by atoms with Gasteiger partial charge < -0.3 is 11.1 Å². The molecule has 1 aromatic rings. The Labute approximate surface area is 96.1 Å². The second-order valence-corrected chi connectivity index (χ2v) is 5.57. The number of carbonyl (C=O) groups is 1. The molecule has 0 atom stereocenters. The van der Waals surface area contributed by atoms with Crippen LogP contribution >= 0.6 is 11.3 Å². The van der Waals surface area contributed by atoms with Gasteiger partial charge in [-0.3, -0.25) is 4.79 Å². The summed E-state index contributed by atoms with van der Waals surface area (Å²) in [5, 5.41) is 14.1. The van der Waals surface area contributed by atoms with Crippen LogP contribution in [0.5, 0.6) is 0 Å². The van der Waals surface area contributed by atoms with Crippen molar-refractivity contribution >= 4 is 32.4 Å². The molecule has 1 amide bonds. The lowest BCUT2D eigenvalue weighted by molar-refractivity contribution is -0.116. The van der Waals surface area contributed by atoms with E-state index in [-0.39, 0.29) is 21.8 Å². The first-order valence-corrected chi connectivity index (χ1v) is 6.66. The summed E-state index contributed by atoms with van der Waals surface area (Å²) in [5.74, 6) is -0.289. The normalized spacial score (nSPS) is 11.4. The third-order valence-corrected chi connectivity index (χ3v) is 3.65. The zero-order chi connectivity index (χ0) is 12.2. The first-order chi connectivity index (χ1) is 7.43. The van der Waals surface area contributed by atoms with E-state index in [0.29, 0.717) is 24.3 Å². The van der Waals surface area contributed by atoms with E-state index in [1.54, 1.807) is 0 Å². The van der Waals surface area contributed by atoms with Gasteiger partial charge in [-0.1, -0.05) is 11.3 Å². The summed E-state index contributed by atoms with van der Waals surface area (Å²) in [4.78, 5) is 11.2. The van der Waals surface area contributed by atoms with E-state index >= 15 is 0 Å². The number of nitrogens with two attached hydrogens (primary N) is 2. The highest BCUT2D eigenvalue weighted by atomic mass is 32.2. The van der Waals surface area contributed by atoms with Crippen LogP contribution in [0.3, 0.4) is 0 Å². The maximum Gasteiger partial charge on any atom is 0.267 e. The Morgan fingerprint density at radius 2 is 2.12 bits per heavy atom. The summed E-state index contributed by atoms with van der Waals surface area (Å²) in [6.45, 7) is 0.409. The zero-order valence-corrected chi connectivity index (χ0v) is 9.84. The summed E-state index contributed by atoms with van der Waals surface area (Å²) in [5.41, 5.74) is 5.23. The van der Waals surface area contributed by atoms with Crippen LogP contribution in [0.15, 0.2) is 4.34 Å². The van der Waals surface area contributed by atoms with Gasteiger partial charge in [-0.15, -0.1) is 10.2 Å². The van der Waals surface area contributed by atoms with Crippen molar-refractivity contribution in [3.63, 3.8) is 0 Å².